The molecule has 0 heterocycles. The smallest absolute Gasteiger partial charge is 0.255 e. The zero-order chi connectivity index (χ0) is 21.4. The van der Waals surface area contributed by atoms with Crippen molar-refractivity contribution in [3.05, 3.63) is 59.2 Å². The Labute approximate surface area is 171 Å². The second-order valence-corrected chi connectivity index (χ2v) is 7.22. The Bertz CT molecular complexity index is 893. The van der Waals surface area contributed by atoms with Crippen LogP contribution in [-0.4, -0.2) is 30.8 Å². The first-order chi connectivity index (χ1) is 13.8. The lowest BCUT2D eigenvalue weighted by molar-refractivity contribution is -0.116. The highest BCUT2D eigenvalue weighted by atomic mass is 16.2. The molecule has 0 fully saturated rings. The van der Waals surface area contributed by atoms with Crippen molar-refractivity contribution in [2.45, 2.75) is 27.2 Å². The number of nitrogens with one attached hydrogen (secondary N) is 3. The van der Waals surface area contributed by atoms with E-state index in [2.05, 4.69) is 16.0 Å². The molecule has 2 aromatic carbocycles. The highest BCUT2D eigenvalue weighted by Crippen LogP contribution is 2.20. The predicted molar refractivity (Wildman–Crippen MR) is 115 cm³/mol. The van der Waals surface area contributed by atoms with Crippen molar-refractivity contribution in [1.29, 1.82) is 0 Å². The minimum atomic E-state index is -0.341. The summed E-state index contributed by atoms with van der Waals surface area (Å²) in [6, 6.07) is 11.8. The standard InChI is InChI=1S/C22H28N4O3/c1-14(2)12-20(27)25-18-9-8-16(13-15(18)3)21(28)26-19-7-5-4-6-17(19)22(29)24-11-10-23/h4-9,13-14H,10-12,23H2,1-3H3,(H,24,29)(H,25,27)(H,26,28). The Hall–Kier alpha value is -3.19. The third-order valence-electron chi connectivity index (χ3n) is 4.21. The first-order valence-corrected chi connectivity index (χ1v) is 9.61. The molecule has 0 spiro atoms. The minimum Gasteiger partial charge on any atom is -0.351 e. The van der Waals surface area contributed by atoms with E-state index in [0.29, 0.717) is 42.0 Å². The summed E-state index contributed by atoms with van der Waals surface area (Å²) in [6.45, 7) is 6.47. The minimum absolute atomic E-state index is 0.0577. The largest absolute Gasteiger partial charge is 0.351 e. The molecule has 0 aromatic heterocycles. The number of benzene rings is 2. The maximum Gasteiger partial charge on any atom is 0.255 e. The zero-order valence-electron chi connectivity index (χ0n) is 17.0. The van der Waals surface area contributed by atoms with Crippen LogP contribution in [0.2, 0.25) is 0 Å². The van der Waals surface area contributed by atoms with Gasteiger partial charge in [0.1, 0.15) is 0 Å². The summed E-state index contributed by atoms with van der Waals surface area (Å²) < 4.78 is 0. The molecule has 0 saturated heterocycles. The molecule has 0 atom stereocenters. The topological polar surface area (TPSA) is 113 Å². The zero-order valence-corrected chi connectivity index (χ0v) is 17.0. The Morgan fingerprint density at radius 3 is 2.34 bits per heavy atom. The van der Waals surface area contributed by atoms with Gasteiger partial charge < -0.3 is 21.7 Å². The van der Waals surface area contributed by atoms with E-state index in [0.717, 1.165) is 5.56 Å². The molecule has 154 valence electrons. The first kappa shape index (κ1) is 22.1. The SMILES string of the molecule is Cc1cc(C(=O)Nc2ccccc2C(=O)NCCN)ccc1NC(=O)CC(C)C. The quantitative estimate of drug-likeness (QED) is 0.549. The number of carbonyl (C=O) groups is 3. The molecule has 7 nitrogen and oxygen atoms in total. The summed E-state index contributed by atoms with van der Waals surface area (Å²) in [5, 5.41) is 8.34. The van der Waals surface area contributed by atoms with E-state index >= 15 is 0 Å². The number of anilines is 2. The van der Waals surface area contributed by atoms with Crippen LogP contribution in [0.4, 0.5) is 11.4 Å². The highest BCUT2D eigenvalue weighted by molar-refractivity contribution is 6.09. The van der Waals surface area contributed by atoms with Gasteiger partial charge in [0.25, 0.3) is 11.8 Å². The average Bonchev–Trinajstić information content (AvgIpc) is 2.67. The van der Waals surface area contributed by atoms with Crippen LogP contribution in [0.1, 0.15) is 46.5 Å². The fourth-order valence-corrected chi connectivity index (χ4v) is 2.78. The molecule has 3 amide bonds. The molecule has 0 aliphatic rings. The first-order valence-electron chi connectivity index (χ1n) is 9.61. The van der Waals surface area contributed by atoms with E-state index in [1.807, 2.05) is 20.8 Å². The van der Waals surface area contributed by atoms with Gasteiger partial charge in [0.05, 0.1) is 11.3 Å². The second-order valence-electron chi connectivity index (χ2n) is 7.22. The second kappa shape index (κ2) is 10.4. The van der Waals surface area contributed by atoms with Gasteiger partial charge in [-0.05, 0) is 48.7 Å². The van der Waals surface area contributed by atoms with Crippen molar-refractivity contribution in [1.82, 2.24) is 5.32 Å². The van der Waals surface area contributed by atoms with Gasteiger partial charge >= 0.3 is 0 Å². The third-order valence-corrected chi connectivity index (χ3v) is 4.21. The van der Waals surface area contributed by atoms with Crippen LogP contribution in [0.3, 0.4) is 0 Å². The molecule has 7 heteroatoms. The molecule has 2 aromatic rings. The van der Waals surface area contributed by atoms with Gasteiger partial charge in [0.15, 0.2) is 0 Å². The monoisotopic (exact) mass is 396 g/mol. The summed E-state index contributed by atoms with van der Waals surface area (Å²) in [7, 11) is 0. The van der Waals surface area contributed by atoms with Crippen molar-refractivity contribution in [3.63, 3.8) is 0 Å². The lowest BCUT2D eigenvalue weighted by Crippen LogP contribution is -2.30. The van der Waals surface area contributed by atoms with Crippen LogP contribution in [0, 0.1) is 12.8 Å². The average molecular weight is 396 g/mol. The van der Waals surface area contributed by atoms with Gasteiger partial charge in [-0.25, -0.2) is 0 Å². The number of para-hydroxylation sites is 1. The number of hydrogen-bond acceptors (Lipinski definition) is 4. The van der Waals surface area contributed by atoms with Crippen LogP contribution in [-0.2, 0) is 4.79 Å². The number of amides is 3. The summed E-state index contributed by atoms with van der Waals surface area (Å²) in [5.41, 5.74) is 8.09. The van der Waals surface area contributed by atoms with Crippen LogP contribution >= 0.6 is 0 Å². The van der Waals surface area contributed by atoms with Crippen LogP contribution in [0.5, 0.6) is 0 Å². The summed E-state index contributed by atoms with van der Waals surface area (Å²) in [6.07, 6.45) is 0.435. The molecule has 0 unspecified atom stereocenters. The molecule has 29 heavy (non-hydrogen) atoms. The van der Waals surface area contributed by atoms with E-state index < -0.39 is 0 Å². The van der Waals surface area contributed by atoms with Gasteiger partial charge in [0, 0.05) is 30.8 Å². The van der Waals surface area contributed by atoms with Crippen molar-refractivity contribution in [2.75, 3.05) is 23.7 Å². The van der Waals surface area contributed by atoms with Crippen molar-refractivity contribution >= 4 is 29.1 Å². The number of nitrogens with two attached hydrogens (primary N) is 1. The van der Waals surface area contributed by atoms with Crippen LogP contribution < -0.4 is 21.7 Å². The normalized spacial score (nSPS) is 10.5. The molecule has 0 radical (unpaired) electrons. The van der Waals surface area contributed by atoms with Gasteiger partial charge in [-0.15, -0.1) is 0 Å². The fraction of sp³-hybridized carbons (Fsp3) is 0.318. The van der Waals surface area contributed by atoms with Gasteiger partial charge in [0.2, 0.25) is 5.91 Å². The Morgan fingerprint density at radius 2 is 1.69 bits per heavy atom. The van der Waals surface area contributed by atoms with E-state index in [1.54, 1.807) is 42.5 Å². The molecule has 0 saturated carbocycles. The molecular weight excluding hydrogens is 368 g/mol. The molecule has 0 bridgehead atoms. The molecular formula is C22H28N4O3. The molecule has 5 N–H and O–H groups in total. The number of aryl methyl sites for hydroxylation is 1. The van der Waals surface area contributed by atoms with Crippen molar-refractivity contribution in [2.24, 2.45) is 11.7 Å². The van der Waals surface area contributed by atoms with Gasteiger partial charge in [-0.1, -0.05) is 26.0 Å². The fourth-order valence-electron chi connectivity index (χ4n) is 2.78. The van der Waals surface area contributed by atoms with Crippen LogP contribution in [0.15, 0.2) is 42.5 Å². The van der Waals surface area contributed by atoms with E-state index in [1.165, 1.54) is 0 Å². The Morgan fingerprint density at radius 1 is 0.966 bits per heavy atom. The molecule has 0 aliphatic heterocycles. The Kier molecular flexibility index (Phi) is 7.91. The maximum atomic E-state index is 12.7. The molecule has 0 aliphatic carbocycles. The lowest BCUT2D eigenvalue weighted by Gasteiger charge is -2.13. The van der Waals surface area contributed by atoms with Crippen molar-refractivity contribution < 1.29 is 14.4 Å². The summed E-state index contributed by atoms with van der Waals surface area (Å²) >= 11 is 0. The number of hydrogen-bond donors (Lipinski definition) is 4. The lowest BCUT2D eigenvalue weighted by atomic mass is 10.1. The summed E-state index contributed by atoms with van der Waals surface area (Å²) in [5.74, 6) is -0.432. The number of carbonyl (C=O) groups excluding carboxylic acids is 3. The van der Waals surface area contributed by atoms with E-state index in [-0.39, 0.29) is 23.6 Å². The maximum absolute atomic E-state index is 12.7. The predicted octanol–water partition coefficient (Wildman–Crippen LogP) is 2.92. The van der Waals surface area contributed by atoms with Crippen molar-refractivity contribution in [3.8, 4) is 0 Å². The van der Waals surface area contributed by atoms with E-state index in [4.69, 9.17) is 5.73 Å². The van der Waals surface area contributed by atoms with Crippen LogP contribution in [0.25, 0.3) is 0 Å². The highest BCUT2D eigenvalue weighted by Gasteiger charge is 2.15. The van der Waals surface area contributed by atoms with Gasteiger partial charge in [-0.2, -0.15) is 0 Å². The number of rotatable bonds is 8. The Balaban J connectivity index is 2.13. The van der Waals surface area contributed by atoms with Gasteiger partial charge in [-0.3, -0.25) is 14.4 Å². The van der Waals surface area contributed by atoms with E-state index in [9.17, 15) is 14.4 Å². The third kappa shape index (κ3) is 6.43. The summed E-state index contributed by atoms with van der Waals surface area (Å²) in [4.78, 5) is 36.9. The molecule has 2 rings (SSSR count).